The third-order valence-electron chi connectivity index (χ3n) is 3.91. The molecule has 0 amide bonds. The SMILES string of the molecule is Fc1cccc(CBr)c1N1CCN(C2CC2)CC1. The van der Waals surface area contributed by atoms with Gasteiger partial charge in [-0.25, -0.2) is 4.39 Å². The first-order valence-corrected chi connectivity index (χ1v) is 7.74. The van der Waals surface area contributed by atoms with Gasteiger partial charge in [0, 0.05) is 37.6 Å². The van der Waals surface area contributed by atoms with E-state index in [1.54, 1.807) is 12.1 Å². The highest BCUT2D eigenvalue weighted by Crippen LogP contribution is 2.31. The van der Waals surface area contributed by atoms with Crippen LogP contribution in [0.25, 0.3) is 0 Å². The van der Waals surface area contributed by atoms with Crippen LogP contribution in [0.3, 0.4) is 0 Å². The Hall–Kier alpha value is -0.610. The molecule has 0 radical (unpaired) electrons. The zero-order valence-electron chi connectivity index (χ0n) is 10.4. The fourth-order valence-corrected chi connectivity index (χ4v) is 3.22. The molecule has 2 aliphatic rings. The Bertz CT molecular complexity index is 426. The van der Waals surface area contributed by atoms with Crippen molar-refractivity contribution in [2.45, 2.75) is 24.2 Å². The number of hydrogen-bond donors (Lipinski definition) is 0. The second-order valence-corrected chi connectivity index (χ2v) is 5.70. The zero-order valence-corrected chi connectivity index (χ0v) is 12.0. The highest BCUT2D eigenvalue weighted by molar-refractivity contribution is 9.08. The molecular formula is C14H18BrFN2. The number of hydrogen-bond acceptors (Lipinski definition) is 2. The van der Waals surface area contributed by atoms with Crippen LogP contribution in [0.4, 0.5) is 10.1 Å². The van der Waals surface area contributed by atoms with E-state index in [-0.39, 0.29) is 5.82 Å². The van der Waals surface area contributed by atoms with Gasteiger partial charge in [0.25, 0.3) is 0 Å². The predicted molar refractivity (Wildman–Crippen MR) is 75.8 cm³/mol. The van der Waals surface area contributed by atoms with Gasteiger partial charge in [0.2, 0.25) is 0 Å². The van der Waals surface area contributed by atoms with E-state index in [4.69, 9.17) is 0 Å². The van der Waals surface area contributed by atoms with Gasteiger partial charge in [-0.15, -0.1) is 0 Å². The number of rotatable bonds is 3. The molecule has 4 heteroatoms. The summed E-state index contributed by atoms with van der Waals surface area (Å²) in [5, 5.41) is 0.711. The molecule has 0 atom stereocenters. The summed E-state index contributed by atoms with van der Waals surface area (Å²) >= 11 is 3.45. The molecule has 1 saturated carbocycles. The molecule has 1 aliphatic carbocycles. The van der Waals surface area contributed by atoms with Gasteiger partial charge >= 0.3 is 0 Å². The van der Waals surface area contributed by atoms with Crippen molar-refractivity contribution in [3.63, 3.8) is 0 Å². The van der Waals surface area contributed by atoms with Gasteiger partial charge in [-0.3, -0.25) is 4.90 Å². The molecule has 0 aromatic heterocycles. The number of para-hydroxylation sites is 1. The van der Waals surface area contributed by atoms with E-state index in [1.165, 1.54) is 12.8 Å². The van der Waals surface area contributed by atoms with Crippen LogP contribution in [0.15, 0.2) is 18.2 Å². The third-order valence-corrected chi connectivity index (χ3v) is 4.51. The van der Waals surface area contributed by atoms with Crippen LogP contribution in [0.1, 0.15) is 18.4 Å². The Morgan fingerprint density at radius 3 is 2.50 bits per heavy atom. The van der Waals surface area contributed by atoms with Crippen molar-refractivity contribution in [3.8, 4) is 0 Å². The van der Waals surface area contributed by atoms with Gasteiger partial charge in [0.15, 0.2) is 0 Å². The van der Waals surface area contributed by atoms with E-state index in [0.29, 0.717) is 5.33 Å². The van der Waals surface area contributed by atoms with Gasteiger partial charge in [-0.1, -0.05) is 28.1 Å². The quantitative estimate of drug-likeness (QED) is 0.792. The Kier molecular flexibility index (Phi) is 3.57. The van der Waals surface area contributed by atoms with Gasteiger partial charge in [0.05, 0.1) is 5.69 Å². The Morgan fingerprint density at radius 2 is 1.89 bits per heavy atom. The van der Waals surface area contributed by atoms with Gasteiger partial charge < -0.3 is 4.90 Å². The monoisotopic (exact) mass is 312 g/mol. The molecule has 1 saturated heterocycles. The molecule has 0 N–H and O–H groups in total. The molecule has 1 heterocycles. The lowest BCUT2D eigenvalue weighted by molar-refractivity contribution is 0.247. The summed E-state index contributed by atoms with van der Waals surface area (Å²) in [4.78, 5) is 4.75. The van der Waals surface area contributed by atoms with Crippen LogP contribution in [0.2, 0.25) is 0 Å². The highest BCUT2D eigenvalue weighted by atomic mass is 79.9. The van der Waals surface area contributed by atoms with Gasteiger partial charge in [0.1, 0.15) is 5.82 Å². The van der Waals surface area contributed by atoms with Crippen LogP contribution in [-0.4, -0.2) is 37.1 Å². The summed E-state index contributed by atoms with van der Waals surface area (Å²) in [6, 6.07) is 6.17. The Morgan fingerprint density at radius 1 is 1.17 bits per heavy atom. The molecule has 3 rings (SSSR count). The summed E-state index contributed by atoms with van der Waals surface area (Å²) in [7, 11) is 0. The molecule has 0 bridgehead atoms. The van der Waals surface area contributed by atoms with Crippen molar-refractivity contribution in [2.24, 2.45) is 0 Å². The molecule has 18 heavy (non-hydrogen) atoms. The minimum Gasteiger partial charge on any atom is -0.366 e. The lowest BCUT2D eigenvalue weighted by Gasteiger charge is -2.37. The highest BCUT2D eigenvalue weighted by Gasteiger charge is 2.31. The van der Waals surface area contributed by atoms with Gasteiger partial charge in [-0.2, -0.15) is 0 Å². The van der Waals surface area contributed by atoms with E-state index in [0.717, 1.165) is 43.5 Å². The van der Waals surface area contributed by atoms with Crippen LogP contribution in [-0.2, 0) is 5.33 Å². The standard InChI is InChI=1S/C14H18BrFN2/c15-10-11-2-1-3-13(16)14(11)18-8-6-17(7-9-18)12-4-5-12/h1-3,12H,4-10H2. The average molecular weight is 313 g/mol. The smallest absolute Gasteiger partial charge is 0.146 e. The summed E-state index contributed by atoms with van der Waals surface area (Å²) in [5.41, 5.74) is 1.85. The first-order chi connectivity index (χ1) is 8.79. The van der Waals surface area contributed by atoms with Crippen molar-refractivity contribution >= 4 is 21.6 Å². The van der Waals surface area contributed by atoms with Crippen molar-refractivity contribution in [3.05, 3.63) is 29.6 Å². The predicted octanol–water partition coefficient (Wildman–Crippen LogP) is 3.01. The van der Waals surface area contributed by atoms with Crippen LogP contribution in [0.5, 0.6) is 0 Å². The van der Waals surface area contributed by atoms with E-state index in [9.17, 15) is 4.39 Å². The summed E-state index contributed by atoms with van der Waals surface area (Å²) < 4.78 is 14.0. The molecule has 0 spiro atoms. The summed E-state index contributed by atoms with van der Waals surface area (Å²) in [6.07, 6.45) is 2.71. The molecule has 2 nitrogen and oxygen atoms in total. The molecule has 0 unspecified atom stereocenters. The molecule has 1 aromatic rings. The second-order valence-electron chi connectivity index (χ2n) is 5.14. The average Bonchev–Trinajstić information content (AvgIpc) is 3.23. The van der Waals surface area contributed by atoms with E-state index in [2.05, 4.69) is 25.7 Å². The van der Waals surface area contributed by atoms with Crippen LogP contribution < -0.4 is 4.90 Å². The largest absolute Gasteiger partial charge is 0.366 e. The van der Waals surface area contributed by atoms with E-state index >= 15 is 0 Å². The Balaban J connectivity index is 1.75. The zero-order chi connectivity index (χ0) is 12.5. The molecule has 1 aliphatic heterocycles. The minimum atomic E-state index is -0.0909. The van der Waals surface area contributed by atoms with Crippen molar-refractivity contribution in [1.82, 2.24) is 4.90 Å². The van der Waals surface area contributed by atoms with Crippen molar-refractivity contribution in [2.75, 3.05) is 31.1 Å². The molecule has 2 fully saturated rings. The fraction of sp³-hybridized carbons (Fsp3) is 0.571. The maximum absolute atomic E-state index is 14.0. The third kappa shape index (κ3) is 2.41. The minimum absolute atomic E-state index is 0.0909. The lowest BCUT2D eigenvalue weighted by atomic mass is 10.1. The summed E-state index contributed by atoms with van der Waals surface area (Å²) in [5.74, 6) is -0.0909. The van der Waals surface area contributed by atoms with Crippen molar-refractivity contribution in [1.29, 1.82) is 0 Å². The lowest BCUT2D eigenvalue weighted by Crippen LogP contribution is -2.47. The fourth-order valence-electron chi connectivity index (χ4n) is 2.77. The number of nitrogens with zero attached hydrogens (tertiary/aromatic N) is 2. The molecule has 98 valence electrons. The number of benzene rings is 1. The second kappa shape index (κ2) is 5.17. The summed E-state index contributed by atoms with van der Waals surface area (Å²) in [6.45, 7) is 4.02. The van der Waals surface area contributed by atoms with Crippen LogP contribution in [0, 0.1) is 5.82 Å². The number of anilines is 1. The van der Waals surface area contributed by atoms with E-state index in [1.807, 2.05) is 6.07 Å². The topological polar surface area (TPSA) is 6.48 Å². The maximum atomic E-state index is 14.0. The van der Waals surface area contributed by atoms with Crippen molar-refractivity contribution < 1.29 is 4.39 Å². The Labute approximate surface area is 116 Å². The number of halogens is 2. The van der Waals surface area contributed by atoms with E-state index < -0.39 is 0 Å². The first kappa shape index (κ1) is 12.4. The molecule has 1 aromatic carbocycles. The van der Waals surface area contributed by atoms with Crippen LogP contribution >= 0.6 is 15.9 Å². The number of alkyl halides is 1. The molecular weight excluding hydrogens is 295 g/mol. The first-order valence-electron chi connectivity index (χ1n) is 6.62. The van der Waals surface area contributed by atoms with Gasteiger partial charge in [-0.05, 0) is 24.5 Å². The normalized spacial score (nSPS) is 21.3. The number of piperazine rings is 1. The maximum Gasteiger partial charge on any atom is 0.146 e.